The van der Waals surface area contributed by atoms with Crippen molar-refractivity contribution in [2.75, 3.05) is 0 Å². The molecule has 0 spiro atoms. The molecule has 0 aliphatic heterocycles. The third kappa shape index (κ3) is 4.22. The highest BCUT2D eigenvalue weighted by molar-refractivity contribution is 6.27. The number of rotatable bonds is 4. The van der Waals surface area contributed by atoms with Gasteiger partial charge < -0.3 is 8.98 Å². The maximum atomic E-state index is 6.28. The van der Waals surface area contributed by atoms with Crippen LogP contribution in [0, 0.1) is 0 Å². The van der Waals surface area contributed by atoms with Gasteiger partial charge in [0, 0.05) is 43.9 Å². The Balaban J connectivity index is 1.05. The number of fused-ring (bicyclic) bond motifs is 8. The summed E-state index contributed by atoms with van der Waals surface area (Å²) in [4.78, 5) is 10.4. The highest BCUT2D eigenvalue weighted by atomic mass is 16.3. The smallest absolute Gasteiger partial charge is 0.136 e. The average Bonchev–Trinajstić information content (AvgIpc) is 3.70. The molecule has 3 heterocycles. The monoisotopic (exact) mass is 617 g/mol. The van der Waals surface area contributed by atoms with Crippen molar-refractivity contribution in [3.8, 4) is 22.4 Å². The second kappa shape index (κ2) is 10.8. The largest absolute Gasteiger partial charge is 0.456 e. The Morgan fingerprint density at radius 2 is 1.33 bits per heavy atom. The molecule has 1 unspecified atom stereocenters. The van der Waals surface area contributed by atoms with Gasteiger partial charge in [0.05, 0.1) is 22.1 Å². The summed E-state index contributed by atoms with van der Waals surface area (Å²) in [5.41, 5.74) is 9.95. The van der Waals surface area contributed by atoms with E-state index in [9.17, 15) is 0 Å². The number of aromatic nitrogens is 3. The standard InChI is InChI=1S/C44H31N3O/c1-2-10-28(11-3-1)29-18-20-30(21-19-29)43-33-12-4-7-15-36(33)45-44(46-43)31-22-24-32(25-23-31)47-37-16-8-5-13-34(37)41-38(47)26-27-40-42(41)35-14-6-9-17-39(35)48-40/h1-3,5-6,8-22,24-27,31H,4,7,23H2. The van der Waals surface area contributed by atoms with Gasteiger partial charge in [-0.05, 0) is 60.7 Å². The van der Waals surface area contributed by atoms with E-state index in [0.29, 0.717) is 0 Å². The van der Waals surface area contributed by atoms with E-state index < -0.39 is 0 Å². The summed E-state index contributed by atoms with van der Waals surface area (Å²) >= 11 is 0. The Morgan fingerprint density at radius 1 is 0.583 bits per heavy atom. The predicted octanol–water partition coefficient (Wildman–Crippen LogP) is 9.76. The lowest BCUT2D eigenvalue weighted by molar-refractivity contribution is 0.669. The quantitative estimate of drug-likeness (QED) is 0.197. The van der Waals surface area contributed by atoms with Crippen LogP contribution in [0.3, 0.4) is 0 Å². The van der Waals surface area contributed by atoms with Crippen molar-refractivity contribution in [3.05, 3.63) is 150 Å². The Bertz CT molecular complexity index is 2750. The first-order valence-corrected chi connectivity index (χ1v) is 16.8. The lowest BCUT2D eigenvalue weighted by Gasteiger charge is -2.19. The number of para-hydroxylation sites is 2. The number of hydrogen-bond donors (Lipinski definition) is 0. The molecule has 4 heteroatoms. The molecule has 0 N–H and O–H groups in total. The number of benzene rings is 5. The van der Waals surface area contributed by atoms with Gasteiger partial charge in [-0.15, -0.1) is 0 Å². The normalized spacial score (nSPS) is 15.8. The topological polar surface area (TPSA) is 43.9 Å². The zero-order valence-electron chi connectivity index (χ0n) is 26.3. The van der Waals surface area contributed by atoms with Crippen LogP contribution in [0.1, 0.15) is 31.0 Å². The van der Waals surface area contributed by atoms with Crippen LogP contribution in [0.15, 0.2) is 138 Å². The van der Waals surface area contributed by atoms with Crippen molar-refractivity contribution in [3.63, 3.8) is 0 Å². The first-order chi connectivity index (χ1) is 23.8. The van der Waals surface area contributed by atoms with Crippen LogP contribution in [0.25, 0.3) is 84.0 Å². The Morgan fingerprint density at radius 3 is 2.19 bits per heavy atom. The van der Waals surface area contributed by atoms with Gasteiger partial charge in [-0.2, -0.15) is 0 Å². The van der Waals surface area contributed by atoms with Crippen molar-refractivity contribution in [2.24, 2.45) is 0 Å². The molecule has 4 nitrogen and oxygen atoms in total. The van der Waals surface area contributed by atoms with E-state index in [1.807, 2.05) is 6.07 Å². The average molecular weight is 618 g/mol. The van der Waals surface area contributed by atoms with Gasteiger partial charge in [0.2, 0.25) is 0 Å². The molecule has 0 radical (unpaired) electrons. The van der Waals surface area contributed by atoms with Crippen LogP contribution in [-0.4, -0.2) is 14.5 Å². The lowest BCUT2D eigenvalue weighted by Crippen LogP contribution is -2.35. The minimum atomic E-state index is 0.0920. The number of hydrogen-bond acceptors (Lipinski definition) is 3. The van der Waals surface area contributed by atoms with Gasteiger partial charge in [0.1, 0.15) is 17.0 Å². The van der Waals surface area contributed by atoms with E-state index in [1.54, 1.807) is 0 Å². The van der Waals surface area contributed by atoms with Crippen LogP contribution in [-0.2, 0) is 0 Å². The molecule has 3 aromatic heterocycles. The molecule has 0 saturated carbocycles. The van der Waals surface area contributed by atoms with Gasteiger partial charge >= 0.3 is 0 Å². The summed E-state index contributed by atoms with van der Waals surface area (Å²) in [7, 11) is 0. The van der Waals surface area contributed by atoms with Crippen LogP contribution in [0.4, 0.5) is 0 Å². The summed E-state index contributed by atoms with van der Waals surface area (Å²) in [5.74, 6) is 0.970. The second-order valence-electron chi connectivity index (χ2n) is 12.8. The molecular formula is C44H31N3O. The highest BCUT2D eigenvalue weighted by Crippen LogP contribution is 2.42. The minimum Gasteiger partial charge on any atom is -0.456 e. The summed E-state index contributed by atoms with van der Waals surface area (Å²) in [6.45, 7) is 0. The Kier molecular flexibility index (Phi) is 6.10. The van der Waals surface area contributed by atoms with Crippen molar-refractivity contribution in [1.29, 1.82) is 0 Å². The molecule has 48 heavy (non-hydrogen) atoms. The molecule has 2 aliphatic rings. The van der Waals surface area contributed by atoms with E-state index in [1.165, 1.54) is 44.0 Å². The van der Waals surface area contributed by atoms with Gasteiger partial charge in [-0.25, -0.2) is 9.97 Å². The molecule has 5 aromatic carbocycles. The fourth-order valence-corrected chi connectivity index (χ4v) is 7.67. The molecule has 0 bridgehead atoms. The third-order valence-electron chi connectivity index (χ3n) is 9.96. The van der Waals surface area contributed by atoms with Crippen molar-refractivity contribution >= 4 is 61.6 Å². The van der Waals surface area contributed by atoms with Crippen molar-refractivity contribution < 1.29 is 4.42 Å². The number of allylic oxidation sites excluding steroid dienone is 4. The van der Waals surface area contributed by atoms with Gasteiger partial charge in [-0.1, -0.05) is 115 Å². The lowest BCUT2D eigenvalue weighted by atomic mass is 9.96. The van der Waals surface area contributed by atoms with Gasteiger partial charge in [0.15, 0.2) is 0 Å². The summed E-state index contributed by atoms with van der Waals surface area (Å²) in [6, 6.07) is 40.7. The van der Waals surface area contributed by atoms with E-state index in [4.69, 9.17) is 14.4 Å². The van der Waals surface area contributed by atoms with Gasteiger partial charge in [-0.3, -0.25) is 0 Å². The molecular weight excluding hydrogens is 587 g/mol. The second-order valence-corrected chi connectivity index (χ2v) is 12.8. The van der Waals surface area contributed by atoms with Crippen molar-refractivity contribution in [2.45, 2.75) is 25.2 Å². The Hall–Kier alpha value is -6.00. The Labute approximate surface area is 277 Å². The van der Waals surface area contributed by atoms with E-state index in [-0.39, 0.29) is 5.92 Å². The fourth-order valence-electron chi connectivity index (χ4n) is 7.67. The fraction of sp³-hybridized carbons (Fsp3) is 0.0909. The van der Waals surface area contributed by atoms with Crippen molar-refractivity contribution in [1.82, 2.24) is 14.5 Å². The SMILES string of the molecule is C1=CC(c2nc(-c3ccc(-c4ccccc4)cc3)c3c(n2)=CCCC=3)CC=C1n1c2ccccc2c2c3c(ccc21)oc1ccccc13. The maximum Gasteiger partial charge on any atom is 0.136 e. The molecule has 0 saturated heterocycles. The first-order valence-electron chi connectivity index (χ1n) is 16.8. The molecule has 10 rings (SSSR count). The summed E-state index contributed by atoms with van der Waals surface area (Å²) < 4.78 is 8.68. The summed E-state index contributed by atoms with van der Waals surface area (Å²) in [6.07, 6.45) is 14.3. The van der Waals surface area contributed by atoms with Crippen LogP contribution in [0.5, 0.6) is 0 Å². The minimum absolute atomic E-state index is 0.0920. The molecule has 1 atom stereocenters. The highest BCUT2D eigenvalue weighted by Gasteiger charge is 2.22. The molecule has 2 aliphatic carbocycles. The molecule has 228 valence electrons. The first kappa shape index (κ1) is 27.1. The van der Waals surface area contributed by atoms with Crippen LogP contribution < -0.4 is 10.6 Å². The molecule has 0 amide bonds. The van der Waals surface area contributed by atoms with Gasteiger partial charge in [0.25, 0.3) is 0 Å². The molecule has 0 fully saturated rings. The van der Waals surface area contributed by atoms with E-state index >= 15 is 0 Å². The zero-order valence-corrected chi connectivity index (χ0v) is 26.3. The summed E-state index contributed by atoms with van der Waals surface area (Å²) in [5, 5.41) is 6.99. The number of nitrogens with zero attached hydrogens (tertiary/aromatic N) is 3. The van der Waals surface area contributed by atoms with E-state index in [2.05, 4.69) is 144 Å². The van der Waals surface area contributed by atoms with Crippen LogP contribution in [0.2, 0.25) is 0 Å². The maximum absolute atomic E-state index is 6.28. The van der Waals surface area contributed by atoms with Crippen LogP contribution >= 0.6 is 0 Å². The predicted molar refractivity (Wildman–Crippen MR) is 198 cm³/mol. The van der Waals surface area contributed by atoms with E-state index in [0.717, 1.165) is 63.5 Å². The number of furan rings is 1. The third-order valence-corrected chi connectivity index (χ3v) is 9.96. The zero-order chi connectivity index (χ0) is 31.6. The molecule has 8 aromatic rings.